The summed E-state index contributed by atoms with van der Waals surface area (Å²) in [6.07, 6.45) is 2.35. The van der Waals surface area contributed by atoms with Crippen LogP contribution in [-0.2, 0) is 17.8 Å². The Labute approximate surface area is 229 Å². The van der Waals surface area contributed by atoms with Crippen molar-refractivity contribution in [3.8, 4) is 5.75 Å². The molecule has 0 aliphatic heterocycles. The fourth-order valence-electron chi connectivity index (χ4n) is 4.05. The van der Waals surface area contributed by atoms with Gasteiger partial charge in [0.2, 0.25) is 5.91 Å². The number of ether oxygens (including phenoxy) is 1. The molecule has 2 N–H and O–H groups in total. The summed E-state index contributed by atoms with van der Waals surface area (Å²) in [6.45, 7) is 10.0. The number of carbonyl (C=O) groups excluding carboxylic acids is 1. The highest BCUT2D eigenvalue weighted by atomic mass is 35.5. The summed E-state index contributed by atoms with van der Waals surface area (Å²) in [6, 6.07) is 11.6. The maximum atomic E-state index is 13.4. The topological polar surface area (TPSA) is 82.6 Å². The van der Waals surface area contributed by atoms with E-state index in [9.17, 15) is 9.18 Å². The monoisotopic (exact) mass is 542 g/mol. The molecule has 3 rings (SSSR count). The summed E-state index contributed by atoms with van der Waals surface area (Å²) in [7, 11) is 1.87. The van der Waals surface area contributed by atoms with Gasteiger partial charge in [0.25, 0.3) is 0 Å². The molecule has 1 amide bonds. The second-order valence-corrected chi connectivity index (χ2v) is 9.24. The minimum absolute atomic E-state index is 0.0476. The molecule has 3 aromatic rings. The molecule has 0 aliphatic carbocycles. The van der Waals surface area contributed by atoms with Crippen molar-refractivity contribution in [1.29, 1.82) is 0 Å². The van der Waals surface area contributed by atoms with E-state index in [0.29, 0.717) is 40.8 Å². The van der Waals surface area contributed by atoms with Gasteiger partial charge in [0.1, 0.15) is 18.2 Å². The number of aromatic nitrogens is 2. The first-order valence-corrected chi connectivity index (χ1v) is 13.2. The zero-order chi connectivity index (χ0) is 27.5. The molecular formula is C28H36ClFN6O2. The molecule has 0 fully saturated rings. The van der Waals surface area contributed by atoms with Crippen molar-refractivity contribution in [1.82, 2.24) is 20.4 Å². The summed E-state index contributed by atoms with van der Waals surface area (Å²) in [5, 5.41) is 15.1. The van der Waals surface area contributed by atoms with Gasteiger partial charge in [-0.05, 0) is 55.4 Å². The zero-order valence-electron chi connectivity index (χ0n) is 22.4. The number of nitrogens with zero attached hydrogens (tertiary/aromatic N) is 4. The summed E-state index contributed by atoms with van der Waals surface area (Å²) in [4.78, 5) is 16.7. The lowest BCUT2D eigenvalue weighted by atomic mass is 10.1. The van der Waals surface area contributed by atoms with Crippen LogP contribution in [0.15, 0.2) is 48.7 Å². The van der Waals surface area contributed by atoms with Crippen LogP contribution in [0.1, 0.15) is 31.9 Å². The number of amides is 1. The van der Waals surface area contributed by atoms with Crippen LogP contribution in [0.2, 0.25) is 5.02 Å². The molecule has 204 valence electrons. The SMILES string of the molecule is CCc1c(N(C)CC(=O)NCCN(CC)CC)cnnc1Nc1ccc(OCc2cccc(F)c2)c(Cl)c1. The Morgan fingerprint density at radius 1 is 1.13 bits per heavy atom. The van der Waals surface area contributed by atoms with Crippen molar-refractivity contribution in [2.45, 2.75) is 33.8 Å². The zero-order valence-corrected chi connectivity index (χ0v) is 23.2. The van der Waals surface area contributed by atoms with Crippen molar-refractivity contribution in [3.05, 3.63) is 70.6 Å². The molecule has 0 spiro atoms. The molecule has 0 aliphatic rings. The number of rotatable bonds is 14. The molecular weight excluding hydrogens is 507 g/mol. The van der Waals surface area contributed by atoms with Crippen molar-refractivity contribution in [3.63, 3.8) is 0 Å². The van der Waals surface area contributed by atoms with Gasteiger partial charge in [0, 0.05) is 31.4 Å². The third-order valence-electron chi connectivity index (χ3n) is 6.20. The van der Waals surface area contributed by atoms with Gasteiger partial charge in [-0.25, -0.2) is 4.39 Å². The lowest BCUT2D eigenvalue weighted by Crippen LogP contribution is -2.39. The van der Waals surface area contributed by atoms with Crippen LogP contribution in [0.25, 0.3) is 0 Å². The van der Waals surface area contributed by atoms with Crippen molar-refractivity contribution >= 4 is 34.7 Å². The smallest absolute Gasteiger partial charge is 0.239 e. The van der Waals surface area contributed by atoms with Crippen LogP contribution in [0.5, 0.6) is 5.75 Å². The number of carbonyl (C=O) groups is 1. The number of nitrogens with one attached hydrogen (secondary N) is 2. The van der Waals surface area contributed by atoms with E-state index in [-0.39, 0.29) is 24.9 Å². The van der Waals surface area contributed by atoms with E-state index in [1.165, 1.54) is 12.1 Å². The van der Waals surface area contributed by atoms with Crippen LogP contribution in [-0.4, -0.2) is 60.8 Å². The lowest BCUT2D eigenvalue weighted by molar-refractivity contribution is -0.119. The molecule has 2 aromatic carbocycles. The Morgan fingerprint density at radius 3 is 2.61 bits per heavy atom. The van der Waals surface area contributed by atoms with Gasteiger partial charge in [-0.15, -0.1) is 5.10 Å². The molecule has 0 bridgehead atoms. The highest BCUT2D eigenvalue weighted by Crippen LogP contribution is 2.32. The fraction of sp³-hybridized carbons (Fsp3) is 0.393. The van der Waals surface area contributed by atoms with E-state index < -0.39 is 0 Å². The van der Waals surface area contributed by atoms with Crippen LogP contribution in [0.3, 0.4) is 0 Å². The molecule has 1 heterocycles. The predicted octanol–water partition coefficient (Wildman–Crippen LogP) is 5.05. The summed E-state index contributed by atoms with van der Waals surface area (Å²) in [5.74, 6) is 0.717. The average molecular weight is 543 g/mol. The highest BCUT2D eigenvalue weighted by molar-refractivity contribution is 6.32. The number of likely N-dealkylation sites (N-methyl/N-ethyl adjacent to an activating group) is 2. The maximum absolute atomic E-state index is 13.4. The largest absolute Gasteiger partial charge is 0.487 e. The maximum Gasteiger partial charge on any atom is 0.239 e. The predicted molar refractivity (Wildman–Crippen MR) is 151 cm³/mol. The molecule has 0 saturated carbocycles. The van der Waals surface area contributed by atoms with Gasteiger partial charge >= 0.3 is 0 Å². The molecule has 0 saturated heterocycles. The van der Waals surface area contributed by atoms with Crippen LogP contribution in [0.4, 0.5) is 21.6 Å². The second-order valence-electron chi connectivity index (χ2n) is 8.83. The van der Waals surface area contributed by atoms with E-state index in [1.807, 2.05) is 24.9 Å². The average Bonchev–Trinajstić information content (AvgIpc) is 2.90. The first-order chi connectivity index (χ1) is 18.3. The molecule has 8 nitrogen and oxygen atoms in total. The van der Waals surface area contributed by atoms with Crippen molar-refractivity contribution in [2.24, 2.45) is 0 Å². The molecule has 0 unspecified atom stereocenters. The van der Waals surface area contributed by atoms with Crippen LogP contribution >= 0.6 is 11.6 Å². The molecule has 0 radical (unpaired) electrons. The Balaban J connectivity index is 1.64. The van der Waals surface area contributed by atoms with Gasteiger partial charge < -0.3 is 25.2 Å². The highest BCUT2D eigenvalue weighted by Gasteiger charge is 2.16. The molecule has 10 heteroatoms. The minimum Gasteiger partial charge on any atom is -0.487 e. The summed E-state index contributed by atoms with van der Waals surface area (Å²) >= 11 is 6.45. The molecule has 0 atom stereocenters. The van der Waals surface area contributed by atoms with Gasteiger partial charge in [-0.1, -0.05) is 44.5 Å². The quantitative estimate of drug-likeness (QED) is 0.295. The summed E-state index contributed by atoms with van der Waals surface area (Å²) in [5.41, 5.74) is 3.18. The van der Waals surface area contributed by atoms with E-state index in [1.54, 1.807) is 30.5 Å². The van der Waals surface area contributed by atoms with Crippen molar-refractivity contribution < 1.29 is 13.9 Å². The van der Waals surface area contributed by atoms with E-state index in [0.717, 1.165) is 30.9 Å². The Bertz CT molecular complexity index is 1210. The Morgan fingerprint density at radius 2 is 1.92 bits per heavy atom. The number of benzene rings is 2. The van der Waals surface area contributed by atoms with Crippen LogP contribution < -0.4 is 20.3 Å². The molecule has 1 aromatic heterocycles. The number of anilines is 3. The summed E-state index contributed by atoms with van der Waals surface area (Å²) < 4.78 is 19.2. The molecule has 38 heavy (non-hydrogen) atoms. The number of halogens is 2. The number of hydrogen-bond donors (Lipinski definition) is 2. The van der Waals surface area contributed by atoms with E-state index in [2.05, 4.69) is 39.6 Å². The second kappa shape index (κ2) is 14.5. The van der Waals surface area contributed by atoms with Gasteiger partial charge in [0.15, 0.2) is 5.82 Å². The standard InChI is InChI=1S/C28H36ClFN6O2/c1-5-23-25(35(4)18-27(37)31-13-14-36(6-2)7-3)17-32-34-28(23)33-22-11-12-26(24(29)16-22)38-19-20-9-8-10-21(30)15-20/h8-12,15-17H,5-7,13-14,18-19H2,1-4H3,(H,31,37)(H,33,34). The third-order valence-corrected chi connectivity index (χ3v) is 6.50. The third kappa shape index (κ3) is 8.29. The Hall–Kier alpha value is -3.43. The first kappa shape index (κ1) is 29.1. The van der Waals surface area contributed by atoms with Crippen molar-refractivity contribution in [2.75, 3.05) is 50.0 Å². The lowest BCUT2D eigenvalue weighted by Gasteiger charge is -2.23. The van der Waals surface area contributed by atoms with Crippen LogP contribution in [0, 0.1) is 5.82 Å². The number of hydrogen-bond acceptors (Lipinski definition) is 7. The van der Waals surface area contributed by atoms with Gasteiger partial charge in [-0.2, -0.15) is 5.10 Å². The first-order valence-electron chi connectivity index (χ1n) is 12.8. The van der Waals surface area contributed by atoms with Gasteiger partial charge in [0.05, 0.1) is 23.5 Å². The van der Waals surface area contributed by atoms with Gasteiger partial charge in [-0.3, -0.25) is 4.79 Å². The fourth-order valence-corrected chi connectivity index (χ4v) is 4.28. The minimum atomic E-state index is -0.312. The van der Waals surface area contributed by atoms with E-state index in [4.69, 9.17) is 16.3 Å². The Kier molecular flexibility index (Phi) is 11.1. The van der Waals surface area contributed by atoms with E-state index >= 15 is 0 Å². The normalized spacial score (nSPS) is 10.9.